The van der Waals surface area contributed by atoms with Crippen molar-refractivity contribution in [3.8, 4) is 11.8 Å². The maximum atomic E-state index is 12.1. The standard InChI is InChI=1S/C23H21IN4O3/c1-31-17-11-9-16(10-12-17)22-18(15-25)21(23(29)30)26-28(22,27-13-5-2-6-14-27)20-8-4-3-7-19(20)24/h3-4,7-12H,2,5-6,13-14H2,1H3. The second-order valence-corrected chi connectivity index (χ2v) is 8.53. The van der Waals surface area contributed by atoms with Gasteiger partial charge in [0.2, 0.25) is 5.70 Å². The molecule has 2 aliphatic heterocycles. The third kappa shape index (κ3) is 3.63. The molecule has 0 spiro atoms. The normalized spacial score (nSPS) is 21.5. The molecule has 0 N–H and O–H groups in total. The third-order valence-corrected chi connectivity index (χ3v) is 6.54. The number of nitrogens with zero attached hydrogens (tertiary/aromatic N) is 4. The molecule has 1 atom stereocenters. The Kier molecular flexibility index (Phi) is 6.09. The Morgan fingerprint density at radius 1 is 1.16 bits per heavy atom. The minimum absolute atomic E-state index is 0.0235. The molecule has 0 radical (unpaired) electrons. The summed E-state index contributed by atoms with van der Waals surface area (Å²) in [5, 5.41) is 28.9. The van der Waals surface area contributed by atoms with Crippen LogP contribution in [0.2, 0.25) is 0 Å². The molecule has 2 aromatic carbocycles. The predicted molar refractivity (Wildman–Crippen MR) is 124 cm³/mol. The first-order valence-electron chi connectivity index (χ1n) is 10.0. The number of quaternary nitrogens is 1. The number of para-hydroxylation sites is 1. The molecule has 2 heterocycles. The highest BCUT2D eigenvalue weighted by atomic mass is 127. The number of hydrogen-bond acceptors (Lipinski definition) is 6. The van der Waals surface area contributed by atoms with E-state index < -0.39 is 5.97 Å². The molecule has 158 valence electrons. The van der Waals surface area contributed by atoms with Gasteiger partial charge in [0, 0.05) is 11.6 Å². The van der Waals surface area contributed by atoms with Gasteiger partial charge in [0.1, 0.15) is 11.8 Å². The van der Waals surface area contributed by atoms with E-state index in [2.05, 4.69) is 33.7 Å². The monoisotopic (exact) mass is 528 g/mol. The van der Waals surface area contributed by atoms with Crippen LogP contribution in [0.15, 0.2) is 59.2 Å². The van der Waals surface area contributed by atoms with Crippen molar-refractivity contribution in [3.05, 3.63) is 63.2 Å². The molecule has 0 saturated carbocycles. The maximum absolute atomic E-state index is 12.1. The summed E-state index contributed by atoms with van der Waals surface area (Å²) in [6.45, 7) is 1.46. The van der Waals surface area contributed by atoms with Crippen molar-refractivity contribution in [1.82, 2.24) is 9.71 Å². The van der Waals surface area contributed by atoms with E-state index in [9.17, 15) is 15.2 Å². The lowest BCUT2D eigenvalue weighted by Gasteiger charge is -2.41. The molecule has 8 heteroatoms. The van der Waals surface area contributed by atoms with Crippen LogP contribution >= 0.6 is 22.6 Å². The van der Waals surface area contributed by atoms with Crippen LogP contribution < -0.4 is 14.5 Å². The van der Waals surface area contributed by atoms with Gasteiger partial charge in [-0.25, -0.2) is 0 Å². The largest absolute Gasteiger partial charge is 0.543 e. The number of carboxylic acids is 1. The summed E-state index contributed by atoms with van der Waals surface area (Å²) in [7, 11) is 1.59. The quantitative estimate of drug-likeness (QED) is 0.440. The number of carbonyl (C=O) groups is 1. The number of nitriles is 1. The molecule has 0 bridgehead atoms. The van der Waals surface area contributed by atoms with E-state index in [4.69, 9.17) is 9.84 Å². The second kappa shape index (κ2) is 8.78. The Morgan fingerprint density at radius 2 is 1.84 bits per heavy atom. The summed E-state index contributed by atoms with van der Waals surface area (Å²) < 4.78 is 6.03. The number of rotatable bonds is 5. The van der Waals surface area contributed by atoms with Crippen molar-refractivity contribution < 1.29 is 14.6 Å². The maximum Gasteiger partial charge on any atom is 0.212 e. The predicted octanol–water partition coefficient (Wildman–Crippen LogP) is 3.06. The van der Waals surface area contributed by atoms with Crippen LogP contribution in [0.5, 0.6) is 5.75 Å². The number of aliphatic carboxylic acids is 1. The lowest BCUT2D eigenvalue weighted by molar-refractivity contribution is -0.294. The smallest absolute Gasteiger partial charge is 0.212 e. The molecule has 1 fully saturated rings. The van der Waals surface area contributed by atoms with Gasteiger partial charge in [0.05, 0.1) is 29.7 Å². The minimum atomic E-state index is -1.45. The number of hydrogen-bond donors (Lipinski definition) is 0. The summed E-state index contributed by atoms with van der Waals surface area (Å²) in [6, 6.07) is 17.1. The van der Waals surface area contributed by atoms with Crippen LogP contribution in [0.3, 0.4) is 0 Å². The number of piperidine rings is 1. The van der Waals surface area contributed by atoms with E-state index in [0.29, 0.717) is 17.0 Å². The average molecular weight is 528 g/mol. The number of carbonyl (C=O) groups excluding carboxylic acids is 1. The van der Waals surface area contributed by atoms with Crippen LogP contribution in [0.25, 0.3) is 5.70 Å². The zero-order valence-corrected chi connectivity index (χ0v) is 19.2. The first-order valence-corrected chi connectivity index (χ1v) is 11.1. The van der Waals surface area contributed by atoms with Crippen molar-refractivity contribution in [2.24, 2.45) is 5.10 Å². The first-order chi connectivity index (χ1) is 15.0. The molecule has 1 unspecified atom stereocenters. The Hall–Kier alpha value is -2.74. The van der Waals surface area contributed by atoms with Gasteiger partial charge in [0.15, 0.2) is 17.0 Å². The summed E-state index contributed by atoms with van der Waals surface area (Å²) in [5.41, 5.74) is 1.74. The number of halogens is 1. The van der Waals surface area contributed by atoms with Gasteiger partial charge in [0.25, 0.3) is 0 Å². The number of ether oxygens (including phenoxy) is 1. The van der Waals surface area contributed by atoms with Gasteiger partial charge in [-0.2, -0.15) is 5.26 Å². The fourth-order valence-electron chi connectivity index (χ4n) is 4.24. The Morgan fingerprint density at radius 3 is 2.42 bits per heavy atom. The van der Waals surface area contributed by atoms with Crippen LogP contribution in [-0.2, 0) is 4.79 Å². The van der Waals surface area contributed by atoms with E-state index in [-0.39, 0.29) is 16.0 Å². The zero-order chi connectivity index (χ0) is 22.0. The molecule has 7 nitrogen and oxygen atoms in total. The number of benzene rings is 2. The molecule has 31 heavy (non-hydrogen) atoms. The molecule has 4 rings (SSSR count). The zero-order valence-electron chi connectivity index (χ0n) is 17.0. The van der Waals surface area contributed by atoms with Gasteiger partial charge >= 0.3 is 0 Å². The molecule has 0 aromatic heterocycles. The van der Waals surface area contributed by atoms with Crippen LogP contribution in [-0.4, -0.2) is 36.9 Å². The molecule has 2 aliphatic rings. The SMILES string of the molecule is COc1ccc(C2=C(C#N)C(C(=O)[O-])=N[N+]2(c2ccccc2I)N2CCCCC2)cc1. The van der Waals surface area contributed by atoms with E-state index in [1.807, 2.05) is 36.4 Å². The van der Waals surface area contributed by atoms with Crippen molar-refractivity contribution in [3.63, 3.8) is 0 Å². The Labute approximate surface area is 194 Å². The summed E-state index contributed by atoms with van der Waals surface area (Å²) >= 11 is 2.24. The number of methoxy groups -OCH3 is 1. The van der Waals surface area contributed by atoms with Gasteiger partial charge in [-0.1, -0.05) is 23.3 Å². The first kappa shape index (κ1) is 21.5. The summed E-state index contributed by atoms with van der Waals surface area (Å²) in [6.07, 6.45) is 3.04. The lowest BCUT2D eigenvalue weighted by Crippen LogP contribution is -2.57. The molecular formula is C23H21IN4O3. The molecule has 0 amide bonds. The molecular weight excluding hydrogens is 507 g/mol. The van der Waals surface area contributed by atoms with Crippen LogP contribution in [0, 0.1) is 14.9 Å². The van der Waals surface area contributed by atoms with Crippen molar-refractivity contribution in [2.75, 3.05) is 20.2 Å². The van der Waals surface area contributed by atoms with Crippen molar-refractivity contribution in [2.45, 2.75) is 19.3 Å². The van der Waals surface area contributed by atoms with E-state index >= 15 is 0 Å². The second-order valence-electron chi connectivity index (χ2n) is 7.37. The molecule has 1 saturated heterocycles. The molecule has 0 aliphatic carbocycles. The van der Waals surface area contributed by atoms with Gasteiger partial charge in [-0.05, 0) is 70.9 Å². The van der Waals surface area contributed by atoms with Crippen molar-refractivity contribution >= 4 is 45.7 Å². The van der Waals surface area contributed by atoms with Crippen LogP contribution in [0.1, 0.15) is 24.8 Å². The Bertz CT molecular complexity index is 1110. The summed E-state index contributed by atoms with van der Waals surface area (Å²) in [5.74, 6) is -0.780. The highest BCUT2D eigenvalue weighted by Gasteiger charge is 2.53. The van der Waals surface area contributed by atoms with Crippen molar-refractivity contribution in [1.29, 1.82) is 5.26 Å². The van der Waals surface area contributed by atoms with Gasteiger partial charge < -0.3 is 14.6 Å². The lowest BCUT2D eigenvalue weighted by atomic mass is 10.0. The molecule has 2 aromatic rings. The highest BCUT2D eigenvalue weighted by Crippen LogP contribution is 2.46. The highest BCUT2D eigenvalue weighted by molar-refractivity contribution is 14.1. The van der Waals surface area contributed by atoms with E-state index in [1.165, 1.54) is 0 Å². The van der Waals surface area contributed by atoms with Gasteiger partial charge in [-0.3, -0.25) is 0 Å². The third-order valence-electron chi connectivity index (χ3n) is 5.63. The number of carboxylic acid groups (broad SMARTS) is 1. The average Bonchev–Trinajstić information content (AvgIpc) is 3.16. The minimum Gasteiger partial charge on any atom is -0.543 e. The summed E-state index contributed by atoms with van der Waals surface area (Å²) in [4.78, 5) is 12.1. The fourth-order valence-corrected chi connectivity index (χ4v) is 4.96. The topological polar surface area (TPSA) is 88.7 Å². The van der Waals surface area contributed by atoms with Gasteiger partial charge in [-0.15, -0.1) is 5.01 Å². The Balaban J connectivity index is 2.06. The van der Waals surface area contributed by atoms with E-state index in [0.717, 1.165) is 41.6 Å². The van der Waals surface area contributed by atoms with E-state index in [1.54, 1.807) is 19.2 Å². The fraction of sp³-hybridized carbons (Fsp3) is 0.261. The van der Waals surface area contributed by atoms with Crippen LogP contribution in [0.4, 0.5) is 5.69 Å².